The Morgan fingerprint density at radius 2 is 1.55 bits per heavy atom. The molecule has 22 heavy (non-hydrogen) atoms. The van der Waals surface area contributed by atoms with E-state index >= 15 is 0 Å². The summed E-state index contributed by atoms with van der Waals surface area (Å²) in [7, 11) is 3.19. The van der Waals surface area contributed by atoms with E-state index in [1.54, 1.807) is 57.2 Å². The van der Waals surface area contributed by atoms with Crippen LogP contribution in [0.3, 0.4) is 0 Å². The van der Waals surface area contributed by atoms with Gasteiger partial charge in [0.2, 0.25) is 0 Å². The Morgan fingerprint density at radius 1 is 1.00 bits per heavy atom. The predicted octanol–water partition coefficient (Wildman–Crippen LogP) is 2.74. The molecule has 0 unspecified atom stereocenters. The van der Waals surface area contributed by atoms with Crippen molar-refractivity contribution < 1.29 is 12.8 Å². The zero-order chi connectivity index (χ0) is 16.5. The van der Waals surface area contributed by atoms with Crippen LogP contribution < -0.4 is 6.54 Å². The van der Waals surface area contributed by atoms with Crippen LogP contribution in [-0.2, 0) is 9.84 Å². The van der Waals surface area contributed by atoms with E-state index in [-0.39, 0.29) is 5.82 Å². The van der Waals surface area contributed by atoms with Gasteiger partial charge < -0.3 is 0 Å². The van der Waals surface area contributed by atoms with Crippen LogP contribution in [0, 0.1) is 5.82 Å². The summed E-state index contributed by atoms with van der Waals surface area (Å²) < 4.78 is 39.3. The monoisotopic (exact) mass is 536 g/mol. The molecule has 0 N–H and O–H groups in total. The molecule has 0 aliphatic carbocycles. The Morgan fingerprint density at radius 3 is 2.09 bits per heavy atom. The molecule has 0 spiro atoms. The van der Waals surface area contributed by atoms with Crippen LogP contribution in [-0.4, -0.2) is 33.7 Å². The van der Waals surface area contributed by atoms with Crippen molar-refractivity contribution in [3.8, 4) is 0 Å². The van der Waals surface area contributed by atoms with E-state index in [0.717, 1.165) is 3.27 Å². The third-order valence-electron chi connectivity index (χ3n) is 3.23. The normalized spacial score (nSPS) is 12.6. The van der Waals surface area contributed by atoms with Gasteiger partial charge in [-0.05, 0) is 0 Å². The van der Waals surface area contributed by atoms with E-state index in [0.29, 0.717) is 8.17 Å². The third kappa shape index (κ3) is 3.52. The van der Waals surface area contributed by atoms with E-state index in [1.165, 1.54) is 12.1 Å². The zero-order valence-corrected chi connectivity index (χ0v) is 17.6. The molecule has 2 nitrogen and oxygen atoms in total. The summed E-state index contributed by atoms with van der Waals surface area (Å²) in [5.41, 5.74) is 0. The molecule has 0 aliphatic rings. The molecule has 0 heterocycles. The maximum absolute atomic E-state index is 13.1. The number of hydrogen-bond acceptors (Lipinski definition) is 2. The molecule has 0 radical (unpaired) electrons. The van der Waals surface area contributed by atoms with E-state index < -0.39 is 35.1 Å². The number of benzene rings is 2. The second-order valence-electron chi connectivity index (χ2n) is 5.84. The Bertz CT molecular complexity index is 767. The average molecular weight is 537 g/mol. The molecule has 2 aromatic carbocycles. The van der Waals surface area contributed by atoms with Crippen LogP contribution in [0.15, 0.2) is 53.4 Å². The van der Waals surface area contributed by atoms with Gasteiger partial charge in [-0.2, -0.15) is 0 Å². The first-order valence-electron chi connectivity index (χ1n) is 6.70. The van der Waals surface area contributed by atoms with Gasteiger partial charge in [-0.3, -0.25) is 0 Å². The predicted molar refractivity (Wildman–Crippen MR) is 90.7 cm³/mol. The van der Waals surface area contributed by atoms with E-state index in [9.17, 15) is 12.8 Å². The van der Waals surface area contributed by atoms with Crippen molar-refractivity contribution in [3.05, 3.63) is 54.3 Å². The summed E-state index contributed by atoms with van der Waals surface area (Å²) in [4.78, 5) is 0.305. The zero-order valence-electron chi connectivity index (χ0n) is 12.5. The van der Waals surface area contributed by atoms with Crippen molar-refractivity contribution in [3.63, 3.8) is 0 Å². The number of sulfone groups is 1. The summed E-state index contributed by atoms with van der Waals surface area (Å²) in [6.07, 6.45) is 0. The summed E-state index contributed by atoms with van der Waals surface area (Å²) in [6.45, 7) is 5.03. The van der Waals surface area contributed by atoms with Gasteiger partial charge in [0.1, 0.15) is 0 Å². The van der Waals surface area contributed by atoms with E-state index in [4.69, 9.17) is 8.51 Å². The molecule has 2 rings (SSSR count). The fraction of sp³-hybridized carbons (Fsp3) is 0.250. The maximum atomic E-state index is 13.1. The molecule has 0 atom stereocenters. The van der Waals surface area contributed by atoms with Crippen molar-refractivity contribution in [1.82, 2.24) is 0 Å². The molecular formula is C16H17BiClFO2S. The molecule has 0 saturated carbocycles. The van der Waals surface area contributed by atoms with Gasteiger partial charge in [0.15, 0.2) is 0 Å². The first kappa shape index (κ1) is 17.8. The van der Waals surface area contributed by atoms with Crippen LogP contribution >= 0.6 is 8.51 Å². The van der Waals surface area contributed by atoms with Crippen molar-refractivity contribution >= 4 is 45.5 Å². The molecule has 2 aromatic rings. The van der Waals surface area contributed by atoms with Gasteiger partial charge in [0.25, 0.3) is 0 Å². The first-order valence-corrected chi connectivity index (χ1v) is 15.9. The van der Waals surface area contributed by atoms with Gasteiger partial charge in [-0.1, -0.05) is 0 Å². The summed E-state index contributed by atoms with van der Waals surface area (Å²) in [6, 6.07) is 12.9. The molecule has 0 aliphatic heterocycles. The van der Waals surface area contributed by atoms with Crippen molar-refractivity contribution in [2.75, 3.05) is 0 Å². The van der Waals surface area contributed by atoms with Gasteiger partial charge >= 0.3 is 143 Å². The number of hydrogen-bond donors (Lipinski definition) is 0. The molecule has 0 bridgehead atoms. The summed E-state index contributed by atoms with van der Waals surface area (Å²) >= 11 is -2.95. The van der Waals surface area contributed by atoms with Gasteiger partial charge in [-0.25, -0.2) is 0 Å². The molecule has 6 heteroatoms. The Hall–Kier alpha value is -0.507. The molecular weight excluding hydrogens is 520 g/mol. The second kappa shape index (κ2) is 6.54. The first-order chi connectivity index (χ1) is 10.1. The van der Waals surface area contributed by atoms with Gasteiger partial charge in [0, 0.05) is 0 Å². The van der Waals surface area contributed by atoms with Gasteiger partial charge in [0.05, 0.1) is 0 Å². The SMILES string of the molecule is CC(C)(C)S(=O)(=O)c1cccc[c]1[Bi]([Cl])[c]1ccc(F)cc1. The topological polar surface area (TPSA) is 34.1 Å². The minimum atomic E-state index is -3.48. The number of halogens is 2. The van der Waals surface area contributed by atoms with Gasteiger partial charge in [-0.15, -0.1) is 0 Å². The molecule has 118 valence electrons. The molecule has 0 aromatic heterocycles. The fourth-order valence-corrected chi connectivity index (χ4v) is 12.6. The fourth-order valence-electron chi connectivity index (χ4n) is 1.89. The van der Waals surface area contributed by atoms with Crippen LogP contribution in [0.2, 0.25) is 0 Å². The van der Waals surface area contributed by atoms with E-state index in [2.05, 4.69) is 0 Å². The summed E-state index contributed by atoms with van der Waals surface area (Å²) in [5.74, 6) is -0.326. The van der Waals surface area contributed by atoms with Crippen molar-refractivity contribution in [1.29, 1.82) is 0 Å². The van der Waals surface area contributed by atoms with Crippen LogP contribution in [0.4, 0.5) is 4.39 Å². The average Bonchev–Trinajstić information content (AvgIpc) is 2.46. The second-order valence-corrected chi connectivity index (χ2v) is 17.5. The van der Waals surface area contributed by atoms with Crippen LogP contribution in [0.5, 0.6) is 0 Å². The van der Waals surface area contributed by atoms with Crippen molar-refractivity contribution in [2.24, 2.45) is 0 Å². The molecule has 0 saturated heterocycles. The molecule has 0 fully saturated rings. The van der Waals surface area contributed by atoms with Crippen LogP contribution in [0.25, 0.3) is 0 Å². The Labute approximate surface area is 142 Å². The van der Waals surface area contributed by atoms with Crippen LogP contribution in [0.1, 0.15) is 20.8 Å². The Kier molecular flexibility index (Phi) is 5.31. The van der Waals surface area contributed by atoms with E-state index in [1.807, 2.05) is 0 Å². The number of rotatable bonds is 3. The quantitative estimate of drug-likeness (QED) is 0.566. The minimum absolute atomic E-state index is 0.305. The third-order valence-corrected chi connectivity index (χ3v) is 15.8. The molecule has 0 amide bonds. The summed E-state index contributed by atoms with van der Waals surface area (Å²) in [5, 5.41) is 0. The Balaban J connectivity index is 2.56. The van der Waals surface area contributed by atoms with Crippen molar-refractivity contribution in [2.45, 2.75) is 30.4 Å². The standard InChI is InChI=1S/C10H13O2S.C6H4F.Bi.ClH/c1-10(2,3)13(11,12)9-7-5-4-6-8-9;7-6-4-2-1-3-5-6;;/h4-7H,1-3H3;2-5H;;1H/q;;+1;/p-1.